The van der Waals surface area contributed by atoms with Crippen molar-refractivity contribution in [3.63, 3.8) is 0 Å². The highest BCUT2D eigenvalue weighted by molar-refractivity contribution is 9.10. The maximum atomic E-state index is 4.53. The van der Waals surface area contributed by atoms with Gasteiger partial charge in [-0.25, -0.2) is 4.98 Å². The van der Waals surface area contributed by atoms with Crippen LogP contribution in [0.3, 0.4) is 0 Å². The van der Waals surface area contributed by atoms with Crippen molar-refractivity contribution < 1.29 is 0 Å². The molecule has 0 radical (unpaired) electrons. The van der Waals surface area contributed by atoms with Gasteiger partial charge in [0.2, 0.25) is 5.95 Å². The van der Waals surface area contributed by atoms with E-state index in [4.69, 9.17) is 0 Å². The molecule has 0 aromatic carbocycles. The first-order chi connectivity index (χ1) is 10.2. The molecule has 118 valence electrons. The molecular formula is C16H27BrN4. The van der Waals surface area contributed by atoms with Crippen LogP contribution in [0.1, 0.15) is 52.4 Å². The van der Waals surface area contributed by atoms with Crippen molar-refractivity contribution in [3.8, 4) is 0 Å². The number of hydrogen-bond acceptors (Lipinski definition) is 4. The van der Waals surface area contributed by atoms with Crippen molar-refractivity contribution in [2.75, 3.05) is 23.7 Å². The number of aromatic nitrogens is 2. The summed E-state index contributed by atoms with van der Waals surface area (Å²) >= 11 is 3.52. The summed E-state index contributed by atoms with van der Waals surface area (Å²) < 4.78 is 0.932. The second kappa shape index (κ2) is 8.57. The highest BCUT2D eigenvalue weighted by Crippen LogP contribution is 2.30. The van der Waals surface area contributed by atoms with Crippen LogP contribution in [0, 0.1) is 11.8 Å². The molecule has 0 saturated heterocycles. The summed E-state index contributed by atoms with van der Waals surface area (Å²) in [7, 11) is 0. The molecule has 0 aliphatic heterocycles. The molecule has 1 saturated carbocycles. The summed E-state index contributed by atoms with van der Waals surface area (Å²) in [5.41, 5.74) is 0. The molecule has 2 N–H and O–H groups in total. The Morgan fingerprint density at radius 2 is 2.14 bits per heavy atom. The first kappa shape index (κ1) is 16.5. The number of nitrogens with zero attached hydrogens (tertiary/aromatic N) is 2. The molecule has 1 heterocycles. The molecule has 4 nitrogen and oxygen atoms in total. The van der Waals surface area contributed by atoms with E-state index in [1.807, 2.05) is 6.20 Å². The highest BCUT2D eigenvalue weighted by atomic mass is 79.9. The lowest BCUT2D eigenvalue weighted by Gasteiger charge is -2.26. The molecular weight excluding hydrogens is 328 g/mol. The van der Waals surface area contributed by atoms with Crippen LogP contribution in [0.25, 0.3) is 0 Å². The zero-order chi connectivity index (χ0) is 15.1. The highest BCUT2D eigenvalue weighted by Gasteiger charge is 2.18. The number of nitrogens with one attached hydrogen (secondary N) is 2. The Hall–Kier alpha value is -0.840. The van der Waals surface area contributed by atoms with Gasteiger partial charge >= 0.3 is 0 Å². The van der Waals surface area contributed by atoms with Crippen LogP contribution in [-0.4, -0.2) is 23.1 Å². The molecule has 1 aliphatic carbocycles. The van der Waals surface area contributed by atoms with Crippen molar-refractivity contribution in [1.29, 1.82) is 0 Å². The Morgan fingerprint density at radius 1 is 1.29 bits per heavy atom. The standard InChI is InChI=1S/C16H27BrN4/c1-3-8-19-16-20-11-14(17)15(21-16)18-9-7-13-6-4-5-12(2)10-13/h11-13H,3-10H2,1-2H3,(H2,18,19,20,21). The Bertz CT molecular complexity index is 438. The molecule has 2 atom stereocenters. The molecule has 21 heavy (non-hydrogen) atoms. The van der Waals surface area contributed by atoms with E-state index >= 15 is 0 Å². The van der Waals surface area contributed by atoms with Gasteiger partial charge < -0.3 is 10.6 Å². The lowest BCUT2D eigenvalue weighted by Crippen LogP contribution is -2.17. The Kier molecular flexibility index (Phi) is 6.74. The fourth-order valence-electron chi connectivity index (χ4n) is 3.03. The molecule has 1 aromatic rings. The van der Waals surface area contributed by atoms with Crippen molar-refractivity contribution in [1.82, 2.24) is 9.97 Å². The van der Waals surface area contributed by atoms with Crippen LogP contribution in [0.4, 0.5) is 11.8 Å². The van der Waals surface area contributed by atoms with Crippen molar-refractivity contribution in [2.45, 2.75) is 52.4 Å². The lowest BCUT2D eigenvalue weighted by molar-refractivity contribution is 0.274. The van der Waals surface area contributed by atoms with Gasteiger partial charge in [-0.2, -0.15) is 4.98 Å². The van der Waals surface area contributed by atoms with Crippen LogP contribution in [-0.2, 0) is 0 Å². The normalized spacial score (nSPS) is 22.0. The van der Waals surface area contributed by atoms with Gasteiger partial charge in [-0.05, 0) is 47.0 Å². The molecule has 1 fully saturated rings. The first-order valence-corrected chi connectivity index (χ1v) is 8.98. The van der Waals surface area contributed by atoms with Crippen LogP contribution in [0.2, 0.25) is 0 Å². The summed E-state index contributed by atoms with van der Waals surface area (Å²) in [6, 6.07) is 0. The summed E-state index contributed by atoms with van der Waals surface area (Å²) in [5, 5.41) is 6.68. The van der Waals surface area contributed by atoms with Crippen molar-refractivity contribution in [2.24, 2.45) is 11.8 Å². The molecule has 5 heteroatoms. The van der Waals surface area contributed by atoms with Gasteiger partial charge in [0.1, 0.15) is 5.82 Å². The Labute approximate surface area is 136 Å². The predicted molar refractivity (Wildman–Crippen MR) is 92.7 cm³/mol. The zero-order valence-electron chi connectivity index (χ0n) is 13.2. The quantitative estimate of drug-likeness (QED) is 0.745. The molecule has 1 aliphatic rings. The SMILES string of the molecule is CCCNc1ncc(Br)c(NCCC2CCCC(C)C2)n1. The van der Waals surface area contributed by atoms with Crippen LogP contribution in [0.15, 0.2) is 10.7 Å². The number of halogens is 1. The van der Waals surface area contributed by atoms with Gasteiger partial charge in [0, 0.05) is 19.3 Å². The second-order valence-corrected chi connectivity index (χ2v) is 7.02. The summed E-state index contributed by atoms with van der Waals surface area (Å²) in [6.07, 6.45) is 9.70. The average molecular weight is 355 g/mol. The van der Waals surface area contributed by atoms with Gasteiger partial charge in [-0.3, -0.25) is 0 Å². The van der Waals surface area contributed by atoms with E-state index in [0.717, 1.165) is 41.6 Å². The van der Waals surface area contributed by atoms with Crippen molar-refractivity contribution >= 4 is 27.7 Å². The van der Waals surface area contributed by atoms with E-state index in [9.17, 15) is 0 Å². The summed E-state index contributed by atoms with van der Waals surface area (Å²) in [5.74, 6) is 3.38. The minimum atomic E-state index is 0.703. The molecule has 0 amide bonds. The molecule has 1 aromatic heterocycles. The molecule has 0 spiro atoms. The average Bonchev–Trinajstić information content (AvgIpc) is 2.48. The maximum Gasteiger partial charge on any atom is 0.224 e. The zero-order valence-corrected chi connectivity index (χ0v) is 14.7. The van der Waals surface area contributed by atoms with E-state index in [1.54, 1.807) is 0 Å². The van der Waals surface area contributed by atoms with Gasteiger partial charge in [0.05, 0.1) is 4.47 Å². The van der Waals surface area contributed by atoms with Gasteiger partial charge in [-0.15, -0.1) is 0 Å². The second-order valence-electron chi connectivity index (χ2n) is 6.17. The third-order valence-electron chi connectivity index (χ3n) is 4.17. The minimum absolute atomic E-state index is 0.703. The number of anilines is 2. The lowest BCUT2D eigenvalue weighted by atomic mass is 9.81. The van der Waals surface area contributed by atoms with E-state index in [0.29, 0.717) is 5.95 Å². The van der Waals surface area contributed by atoms with Crippen LogP contribution < -0.4 is 10.6 Å². The number of rotatable bonds is 7. The van der Waals surface area contributed by atoms with Crippen LogP contribution >= 0.6 is 15.9 Å². The summed E-state index contributed by atoms with van der Waals surface area (Å²) in [6.45, 7) is 6.41. The van der Waals surface area contributed by atoms with Crippen LogP contribution in [0.5, 0.6) is 0 Å². The van der Waals surface area contributed by atoms with Gasteiger partial charge in [0.15, 0.2) is 0 Å². The van der Waals surface area contributed by atoms with E-state index in [1.165, 1.54) is 32.1 Å². The molecule has 2 rings (SSSR count). The first-order valence-electron chi connectivity index (χ1n) is 8.19. The monoisotopic (exact) mass is 354 g/mol. The smallest absolute Gasteiger partial charge is 0.224 e. The molecule has 2 unspecified atom stereocenters. The Morgan fingerprint density at radius 3 is 2.90 bits per heavy atom. The Balaban J connectivity index is 1.81. The van der Waals surface area contributed by atoms with Gasteiger partial charge in [0.25, 0.3) is 0 Å². The topological polar surface area (TPSA) is 49.8 Å². The molecule has 0 bridgehead atoms. The van der Waals surface area contributed by atoms with E-state index in [-0.39, 0.29) is 0 Å². The fraction of sp³-hybridized carbons (Fsp3) is 0.750. The largest absolute Gasteiger partial charge is 0.369 e. The number of hydrogen-bond donors (Lipinski definition) is 2. The van der Waals surface area contributed by atoms with Crippen molar-refractivity contribution in [3.05, 3.63) is 10.7 Å². The predicted octanol–water partition coefficient (Wildman–Crippen LogP) is 4.69. The fourth-order valence-corrected chi connectivity index (χ4v) is 3.36. The summed E-state index contributed by atoms with van der Waals surface area (Å²) in [4.78, 5) is 8.80. The maximum absolute atomic E-state index is 4.53. The minimum Gasteiger partial charge on any atom is -0.369 e. The van der Waals surface area contributed by atoms with E-state index < -0.39 is 0 Å². The third kappa shape index (κ3) is 5.46. The third-order valence-corrected chi connectivity index (χ3v) is 4.75. The van der Waals surface area contributed by atoms with E-state index in [2.05, 4.69) is 50.4 Å². The van der Waals surface area contributed by atoms with Gasteiger partial charge in [-0.1, -0.05) is 33.1 Å².